The summed E-state index contributed by atoms with van der Waals surface area (Å²) in [6.45, 7) is 1.92. The van der Waals surface area contributed by atoms with Gasteiger partial charge in [0.1, 0.15) is 9.71 Å². The molecule has 2 aromatic rings. The van der Waals surface area contributed by atoms with E-state index in [0.717, 1.165) is 20.4 Å². The second-order valence-corrected chi connectivity index (χ2v) is 4.83. The van der Waals surface area contributed by atoms with Crippen LogP contribution in [0.2, 0.25) is 0 Å². The van der Waals surface area contributed by atoms with Crippen LogP contribution in [0.4, 0.5) is 0 Å². The largest absolute Gasteiger partial charge is 0.465 e. The number of rotatable bonds is 1. The molecular weight excluding hydrogens is 278 g/mol. The van der Waals surface area contributed by atoms with E-state index in [9.17, 15) is 4.79 Å². The van der Waals surface area contributed by atoms with Crippen molar-refractivity contribution in [2.45, 2.75) is 6.92 Å². The lowest BCUT2D eigenvalue weighted by Crippen LogP contribution is -1.98. The standard InChI is InChI=1S/C10H8BrNO2S/c1-5-3-4-6-7(11)8(10(13)14-2)15-9(6)12-5/h3-4H,1-2H3. The molecule has 0 aliphatic carbocycles. The van der Waals surface area contributed by atoms with E-state index >= 15 is 0 Å². The van der Waals surface area contributed by atoms with Crippen molar-refractivity contribution in [1.29, 1.82) is 0 Å². The summed E-state index contributed by atoms with van der Waals surface area (Å²) in [5.41, 5.74) is 0.938. The number of hydrogen-bond donors (Lipinski definition) is 0. The molecule has 0 radical (unpaired) electrons. The molecule has 5 heteroatoms. The topological polar surface area (TPSA) is 39.2 Å². The van der Waals surface area contributed by atoms with Gasteiger partial charge in [-0.25, -0.2) is 9.78 Å². The minimum Gasteiger partial charge on any atom is -0.465 e. The Labute approximate surface area is 99.2 Å². The molecule has 0 bridgehead atoms. The van der Waals surface area contributed by atoms with E-state index in [1.165, 1.54) is 18.4 Å². The third kappa shape index (κ3) is 1.77. The number of ether oxygens (including phenoxy) is 1. The number of methoxy groups -OCH3 is 1. The molecule has 2 rings (SSSR count). The van der Waals surface area contributed by atoms with E-state index in [0.29, 0.717) is 4.88 Å². The van der Waals surface area contributed by atoms with Crippen LogP contribution in [0.5, 0.6) is 0 Å². The molecule has 0 fully saturated rings. The van der Waals surface area contributed by atoms with Gasteiger partial charge in [0.25, 0.3) is 0 Å². The maximum atomic E-state index is 11.4. The molecule has 0 aromatic carbocycles. The van der Waals surface area contributed by atoms with Crippen LogP contribution in [-0.2, 0) is 4.74 Å². The van der Waals surface area contributed by atoms with Crippen molar-refractivity contribution in [1.82, 2.24) is 4.98 Å². The van der Waals surface area contributed by atoms with Crippen molar-refractivity contribution in [2.24, 2.45) is 0 Å². The van der Waals surface area contributed by atoms with Crippen molar-refractivity contribution < 1.29 is 9.53 Å². The third-order valence-corrected chi connectivity index (χ3v) is 4.17. The van der Waals surface area contributed by atoms with Crippen LogP contribution in [0.1, 0.15) is 15.4 Å². The van der Waals surface area contributed by atoms with Gasteiger partial charge in [0, 0.05) is 11.1 Å². The van der Waals surface area contributed by atoms with Crippen molar-refractivity contribution >= 4 is 43.5 Å². The minimum atomic E-state index is -0.331. The number of aromatic nitrogens is 1. The number of hydrogen-bond acceptors (Lipinski definition) is 4. The number of carbonyl (C=O) groups is 1. The van der Waals surface area contributed by atoms with Crippen molar-refractivity contribution in [3.05, 3.63) is 27.2 Å². The summed E-state index contributed by atoms with van der Waals surface area (Å²) < 4.78 is 5.46. The number of fused-ring (bicyclic) bond motifs is 1. The first-order valence-corrected chi connectivity index (χ1v) is 5.88. The molecule has 0 atom stereocenters. The van der Waals surface area contributed by atoms with Gasteiger partial charge in [-0.3, -0.25) is 0 Å². The average Bonchev–Trinajstić information content (AvgIpc) is 2.54. The molecule has 2 heterocycles. The van der Waals surface area contributed by atoms with E-state index in [-0.39, 0.29) is 5.97 Å². The van der Waals surface area contributed by atoms with E-state index in [1.54, 1.807) is 0 Å². The molecule has 3 nitrogen and oxygen atoms in total. The normalized spacial score (nSPS) is 10.6. The van der Waals surface area contributed by atoms with Gasteiger partial charge < -0.3 is 4.74 Å². The van der Waals surface area contributed by atoms with Crippen molar-refractivity contribution in [3.8, 4) is 0 Å². The number of thiophene rings is 1. The van der Waals surface area contributed by atoms with Crippen LogP contribution < -0.4 is 0 Å². The Hall–Kier alpha value is -0.940. The van der Waals surface area contributed by atoms with Gasteiger partial charge in [0.05, 0.1) is 11.6 Å². The average molecular weight is 286 g/mol. The predicted octanol–water partition coefficient (Wildman–Crippen LogP) is 3.15. The Bertz CT molecular complexity index is 535. The van der Waals surface area contributed by atoms with Gasteiger partial charge >= 0.3 is 5.97 Å². The first-order chi connectivity index (χ1) is 7.13. The molecule has 0 saturated carbocycles. The van der Waals surface area contributed by atoms with Crippen LogP contribution in [0, 0.1) is 6.92 Å². The first-order valence-electron chi connectivity index (χ1n) is 4.27. The number of pyridine rings is 1. The monoisotopic (exact) mass is 285 g/mol. The highest BCUT2D eigenvalue weighted by Gasteiger charge is 2.17. The summed E-state index contributed by atoms with van der Waals surface area (Å²) in [5.74, 6) is -0.331. The molecule has 0 spiro atoms. The highest BCUT2D eigenvalue weighted by Crippen LogP contribution is 2.34. The zero-order valence-corrected chi connectivity index (χ0v) is 10.6. The lowest BCUT2D eigenvalue weighted by Gasteiger charge is -1.94. The van der Waals surface area contributed by atoms with Gasteiger partial charge in [-0.1, -0.05) is 0 Å². The second-order valence-electron chi connectivity index (χ2n) is 3.04. The van der Waals surface area contributed by atoms with E-state index in [2.05, 4.69) is 20.9 Å². The highest BCUT2D eigenvalue weighted by molar-refractivity contribution is 9.10. The molecule has 0 aliphatic heterocycles. The Kier molecular flexibility index (Phi) is 2.75. The molecule has 0 N–H and O–H groups in total. The van der Waals surface area contributed by atoms with Crippen molar-refractivity contribution in [2.75, 3.05) is 7.11 Å². The Morgan fingerprint density at radius 3 is 2.93 bits per heavy atom. The van der Waals surface area contributed by atoms with Crippen molar-refractivity contribution in [3.63, 3.8) is 0 Å². The molecule has 0 amide bonds. The maximum Gasteiger partial charge on any atom is 0.349 e. The first kappa shape index (κ1) is 10.6. The van der Waals surface area contributed by atoms with E-state index < -0.39 is 0 Å². The predicted molar refractivity (Wildman–Crippen MR) is 63.4 cm³/mol. The summed E-state index contributed by atoms with van der Waals surface area (Å²) >= 11 is 4.73. The fourth-order valence-electron chi connectivity index (χ4n) is 1.27. The van der Waals surface area contributed by atoms with Crippen LogP contribution in [0.3, 0.4) is 0 Å². The molecule has 15 heavy (non-hydrogen) atoms. The second kappa shape index (κ2) is 3.90. The lowest BCUT2D eigenvalue weighted by atomic mass is 10.3. The van der Waals surface area contributed by atoms with E-state index in [4.69, 9.17) is 4.74 Å². The van der Waals surface area contributed by atoms with Gasteiger partial charge in [0.2, 0.25) is 0 Å². The number of carbonyl (C=O) groups excluding carboxylic acids is 1. The zero-order chi connectivity index (χ0) is 11.0. The number of halogens is 1. The smallest absolute Gasteiger partial charge is 0.349 e. The number of nitrogens with zero attached hydrogens (tertiary/aromatic N) is 1. The molecule has 0 saturated heterocycles. The SMILES string of the molecule is COC(=O)c1sc2nc(C)ccc2c1Br. The van der Waals surface area contributed by atoms with Gasteiger partial charge in [-0.2, -0.15) is 0 Å². The van der Waals surface area contributed by atoms with E-state index in [1.807, 2.05) is 19.1 Å². The summed E-state index contributed by atoms with van der Waals surface area (Å²) in [6, 6.07) is 3.87. The quantitative estimate of drug-likeness (QED) is 0.756. The summed E-state index contributed by atoms with van der Waals surface area (Å²) in [7, 11) is 1.37. The highest BCUT2D eigenvalue weighted by atomic mass is 79.9. The molecular formula is C10H8BrNO2S. The van der Waals surface area contributed by atoms with Gasteiger partial charge in [-0.05, 0) is 35.0 Å². The van der Waals surface area contributed by atoms with Crippen LogP contribution in [0.25, 0.3) is 10.2 Å². The Balaban J connectivity index is 2.69. The molecule has 78 valence electrons. The fraction of sp³-hybridized carbons (Fsp3) is 0.200. The molecule has 0 unspecified atom stereocenters. The number of esters is 1. The van der Waals surface area contributed by atoms with Crippen LogP contribution in [0.15, 0.2) is 16.6 Å². The summed E-state index contributed by atoms with van der Waals surface area (Å²) in [6.07, 6.45) is 0. The molecule has 0 aliphatic rings. The van der Waals surface area contributed by atoms with Crippen LogP contribution >= 0.6 is 27.3 Å². The number of aryl methyl sites for hydroxylation is 1. The van der Waals surface area contributed by atoms with Gasteiger partial charge in [-0.15, -0.1) is 11.3 Å². The summed E-state index contributed by atoms with van der Waals surface area (Å²) in [5, 5.41) is 0.950. The van der Waals surface area contributed by atoms with Crippen LogP contribution in [-0.4, -0.2) is 18.1 Å². The summed E-state index contributed by atoms with van der Waals surface area (Å²) in [4.78, 5) is 17.2. The van der Waals surface area contributed by atoms with Gasteiger partial charge in [0.15, 0.2) is 0 Å². The Morgan fingerprint density at radius 2 is 2.27 bits per heavy atom. The fourth-order valence-corrected chi connectivity index (χ4v) is 3.15. The molecule has 2 aromatic heterocycles. The maximum absolute atomic E-state index is 11.4. The Morgan fingerprint density at radius 1 is 1.53 bits per heavy atom. The third-order valence-electron chi connectivity index (χ3n) is 2.00. The lowest BCUT2D eigenvalue weighted by molar-refractivity contribution is 0.0605. The minimum absolute atomic E-state index is 0.331. The zero-order valence-electron chi connectivity index (χ0n) is 8.20.